The quantitative estimate of drug-likeness (QED) is 0.603. The predicted octanol–water partition coefficient (Wildman–Crippen LogP) is 4.02. The number of nitrogens with one attached hydrogen (secondary N) is 1. The molecule has 0 radical (unpaired) electrons. The van der Waals surface area contributed by atoms with E-state index >= 15 is 0 Å². The van der Waals surface area contributed by atoms with E-state index in [1.807, 2.05) is 19.9 Å². The summed E-state index contributed by atoms with van der Waals surface area (Å²) in [6.45, 7) is 6.18. The van der Waals surface area contributed by atoms with Gasteiger partial charge in [-0.05, 0) is 51.1 Å². The van der Waals surface area contributed by atoms with Gasteiger partial charge in [-0.25, -0.2) is 4.39 Å². The molecule has 0 bridgehead atoms. The monoisotopic (exact) mass is 427 g/mol. The zero-order valence-corrected chi connectivity index (χ0v) is 17.8. The molecule has 6 nitrogen and oxygen atoms in total. The molecule has 1 N–H and O–H groups in total. The Balaban J connectivity index is 1.50. The van der Waals surface area contributed by atoms with Crippen molar-refractivity contribution in [3.05, 3.63) is 58.0 Å². The number of Topliss-reactive ketones (excluding diaryl/α,β-unsaturated/α-hetero) is 1. The lowest BCUT2D eigenvalue weighted by Crippen LogP contribution is -2.35. The van der Waals surface area contributed by atoms with Crippen LogP contribution in [0.4, 0.5) is 4.39 Å². The van der Waals surface area contributed by atoms with Gasteiger partial charge in [0.05, 0.1) is 17.1 Å². The van der Waals surface area contributed by atoms with Crippen molar-refractivity contribution in [1.29, 1.82) is 0 Å². The van der Waals surface area contributed by atoms with Gasteiger partial charge in [-0.2, -0.15) is 5.10 Å². The van der Waals surface area contributed by atoms with Crippen LogP contribution in [0.1, 0.15) is 45.3 Å². The van der Waals surface area contributed by atoms with E-state index in [0.717, 1.165) is 16.1 Å². The molecule has 4 rings (SSSR count). The first-order chi connectivity index (χ1) is 14.4. The highest BCUT2D eigenvalue weighted by molar-refractivity contribution is 7.17. The topological polar surface area (TPSA) is 73.2 Å². The smallest absolute Gasteiger partial charge is 0.269 e. The van der Waals surface area contributed by atoms with Crippen molar-refractivity contribution in [1.82, 2.24) is 15.1 Å². The molecule has 2 aromatic heterocycles. The third-order valence-corrected chi connectivity index (χ3v) is 6.23. The number of aryl methyl sites for hydroxylation is 2. The molecule has 30 heavy (non-hydrogen) atoms. The lowest BCUT2D eigenvalue weighted by atomic mass is 10.0. The first-order valence-electron chi connectivity index (χ1n) is 9.78. The number of amides is 1. The minimum Gasteiger partial charge on any atom is -0.487 e. The molecule has 3 aromatic rings. The van der Waals surface area contributed by atoms with Crippen LogP contribution in [0.15, 0.2) is 30.3 Å². The van der Waals surface area contributed by atoms with E-state index in [1.165, 1.54) is 30.4 Å². The summed E-state index contributed by atoms with van der Waals surface area (Å²) in [5.41, 5.74) is 2.69. The summed E-state index contributed by atoms with van der Waals surface area (Å²) in [6, 6.07) is 8.20. The maximum absolute atomic E-state index is 14.2. The van der Waals surface area contributed by atoms with Crippen LogP contribution < -0.4 is 10.1 Å². The van der Waals surface area contributed by atoms with Crippen molar-refractivity contribution in [2.75, 3.05) is 6.54 Å². The van der Waals surface area contributed by atoms with Crippen LogP contribution in [0.2, 0.25) is 0 Å². The van der Waals surface area contributed by atoms with Crippen molar-refractivity contribution < 1.29 is 18.7 Å². The Bertz CT molecular complexity index is 1130. The molecule has 0 spiro atoms. The fourth-order valence-electron chi connectivity index (χ4n) is 3.63. The van der Waals surface area contributed by atoms with Crippen molar-refractivity contribution in [2.45, 2.75) is 39.8 Å². The van der Waals surface area contributed by atoms with E-state index in [-0.39, 0.29) is 23.6 Å². The van der Waals surface area contributed by atoms with Crippen LogP contribution in [0.25, 0.3) is 10.4 Å². The first kappa shape index (κ1) is 20.3. The van der Waals surface area contributed by atoms with Crippen molar-refractivity contribution in [2.24, 2.45) is 0 Å². The molecular formula is C22H22FN3O3S. The molecule has 0 unspecified atom stereocenters. The molecule has 8 heteroatoms. The second kappa shape index (κ2) is 8.02. The molecule has 1 aromatic carbocycles. The van der Waals surface area contributed by atoms with Gasteiger partial charge in [0.1, 0.15) is 23.4 Å². The Labute approximate surface area is 177 Å². The van der Waals surface area contributed by atoms with Gasteiger partial charge >= 0.3 is 0 Å². The highest BCUT2D eigenvalue weighted by Crippen LogP contribution is 2.42. The van der Waals surface area contributed by atoms with Gasteiger partial charge in [0, 0.05) is 29.0 Å². The van der Waals surface area contributed by atoms with Crippen LogP contribution >= 0.6 is 11.3 Å². The summed E-state index contributed by atoms with van der Waals surface area (Å²) in [6.07, 6.45) is 0.202. The zero-order valence-electron chi connectivity index (χ0n) is 17.0. The Hall–Kier alpha value is -3.00. The number of carbonyl (C=O) groups excluding carboxylic acids is 2. The van der Waals surface area contributed by atoms with E-state index in [2.05, 4.69) is 10.4 Å². The number of hydrogen-bond acceptors (Lipinski definition) is 5. The number of aromatic nitrogens is 2. The molecule has 1 aliphatic heterocycles. The third kappa shape index (κ3) is 3.87. The number of rotatable bonds is 6. The Morgan fingerprint density at radius 3 is 2.83 bits per heavy atom. The molecule has 1 amide bonds. The maximum Gasteiger partial charge on any atom is 0.269 e. The number of ketones is 1. The molecule has 0 saturated carbocycles. The second-order valence-corrected chi connectivity index (χ2v) is 8.39. The van der Waals surface area contributed by atoms with Crippen LogP contribution in [0.5, 0.6) is 5.75 Å². The van der Waals surface area contributed by atoms with E-state index in [4.69, 9.17) is 4.74 Å². The molecular weight excluding hydrogens is 405 g/mol. The van der Waals surface area contributed by atoms with E-state index in [0.29, 0.717) is 41.4 Å². The average Bonchev–Trinajstić information content (AvgIpc) is 3.42. The maximum atomic E-state index is 14.2. The normalized spacial score (nSPS) is 15.0. The van der Waals surface area contributed by atoms with Gasteiger partial charge in [-0.15, -0.1) is 11.3 Å². The van der Waals surface area contributed by atoms with E-state index in [1.54, 1.807) is 16.8 Å². The molecule has 0 fully saturated rings. The molecule has 0 saturated heterocycles. The molecule has 156 valence electrons. The van der Waals surface area contributed by atoms with Crippen LogP contribution in [-0.4, -0.2) is 34.1 Å². The predicted molar refractivity (Wildman–Crippen MR) is 113 cm³/mol. The average molecular weight is 428 g/mol. The molecule has 1 aliphatic rings. The number of halogens is 1. The number of nitrogens with zero attached hydrogens (tertiary/aromatic N) is 2. The largest absolute Gasteiger partial charge is 0.487 e. The van der Waals surface area contributed by atoms with E-state index < -0.39 is 0 Å². The molecule has 1 atom stereocenters. The Morgan fingerprint density at radius 1 is 1.33 bits per heavy atom. The summed E-state index contributed by atoms with van der Waals surface area (Å²) in [4.78, 5) is 25.6. The van der Waals surface area contributed by atoms with Crippen LogP contribution in [0, 0.1) is 12.7 Å². The Morgan fingerprint density at radius 2 is 2.13 bits per heavy atom. The molecule has 3 heterocycles. The lowest BCUT2D eigenvalue weighted by molar-refractivity contribution is 0.0922. The highest BCUT2D eigenvalue weighted by Gasteiger charge is 2.28. The van der Waals surface area contributed by atoms with Gasteiger partial charge in [0.15, 0.2) is 5.78 Å². The number of carbonyl (C=O) groups is 2. The second-order valence-electron chi connectivity index (χ2n) is 7.30. The van der Waals surface area contributed by atoms with E-state index in [9.17, 15) is 14.0 Å². The summed E-state index contributed by atoms with van der Waals surface area (Å²) >= 11 is 1.32. The number of fused-ring (bicyclic) bond motifs is 1. The zero-order chi connectivity index (χ0) is 21.4. The van der Waals surface area contributed by atoms with Gasteiger partial charge in [-0.1, -0.05) is 0 Å². The number of benzene rings is 1. The summed E-state index contributed by atoms with van der Waals surface area (Å²) < 4.78 is 22.0. The highest BCUT2D eigenvalue weighted by atomic mass is 32.1. The lowest BCUT2D eigenvalue weighted by Gasteiger charge is -2.13. The van der Waals surface area contributed by atoms with Crippen molar-refractivity contribution in [3.63, 3.8) is 0 Å². The third-order valence-electron chi connectivity index (χ3n) is 5.01. The minimum atomic E-state index is -0.350. The summed E-state index contributed by atoms with van der Waals surface area (Å²) in [5.74, 6) is 0.0225. The fourth-order valence-corrected chi connectivity index (χ4v) is 4.54. The first-order valence-corrected chi connectivity index (χ1v) is 10.6. The summed E-state index contributed by atoms with van der Waals surface area (Å²) in [7, 11) is 0. The van der Waals surface area contributed by atoms with Gasteiger partial charge in [0.2, 0.25) is 0 Å². The van der Waals surface area contributed by atoms with Crippen LogP contribution in [0.3, 0.4) is 0 Å². The number of hydrogen-bond donors (Lipinski definition) is 1. The fraction of sp³-hybridized carbons (Fsp3) is 0.318. The van der Waals surface area contributed by atoms with Gasteiger partial charge in [-0.3, -0.25) is 14.3 Å². The van der Waals surface area contributed by atoms with Crippen molar-refractivity contribution in [3.8, 4) is 16.2 Å². The minimum absolute atomic E-state index is 0.0256. The standard InChI is InChI=1S/C22H22FN3O3S/c1-4-26-18(7-12(2)25-26)22(28)24-11-16-9-14-8-15(23)10-17(21(14)29-16)20-6-5-19(30-20)13(3)27/h5-8,10,16H,4,9,11H2,1-3H3,(H,24,28)/t16-/m1/s1. The van der Waals surface area contributed by atoms with Gasteiger partial charge < -0.3 is 10.1 Å². The van der Waals surface area contributed by atoms with Gasteiger partial charge in [0.25, 0.3) is 5.91 Å². The SMILES string of the molecule is CCn1nc(C)cc1C(=O)NC[C@H]1Cc2cc(F)cc(-c3ccc(C(C)=O)s3)c2O1. The summed E-state index contributed by atoms with van der Waals surface area (Å²) in [5, 5.41) is 7.19. The Kier molecular flexibility index (Phi) is 5.42. The van der Waals surface area contributed by atoms with Crippen LogP contribution in [-0.2, 0) is 13.0 Å². The number of ether oxygens (including phenoxy) is 1. The number of thiophene rings is 1. The van der Waals surface area contributed by atoms with Crippen molar-refractivity contribution >= 4 is 23.0 Å². The molecule has 0 aliphatic carbocycles.